The molecule has 1 N–H and O–H groups in total. The van der Waals surface area contributed by atoms with Crippen LogP contribution in [0.25, 0.3) is 0 Å². The number of hydrogen-bond acceptors (Lipinski definition) is 4. The lowest BCUT2D eigenvalue weighted by Crippen LogP contribution is -2.37. The number of hydrogen-bond donors (Lipinski definition) is 1. The van der Waals surface area contributed by atoms with E-state index in [4.69, 9.17) is 0 Å². The molecule has 2 aliphatic heterocycles. The van der Waals surface area contributed by atoms with Gasteiger partial charge in [-0.1, -0.05) is 18.6 Å². The van der Waals surface area contributed by atoms with Gasteiger partial charge in [0.05, 0.1) is 10.00 Å². The van der Waals surface area contributed by atoms with Crippen LogP contribution in [0.1, 0.15) is 39.8 Å². The van der Waals surface area contributed by atoms with E-state index < -0.39 is 11.4 Å². The normalized spacial score (nSPS) is 29.8. The summed E-state index contributed by atoms with van der Waals surface area (Å²) in [6, 6.07) is 7.90. The summed E-state index contributed by atoms with van der Waals surface area (Å²) in [5.74, 6) is 1.73. The van der Waals surface area contributed by atoms with E-state index in [0.29, 0.717) is 29.7 Å². The van der Waals surface area contributed by atoms with Gasteiger partial charge in [0, 0.05) is 30.2 Å². The maximum Gasteiger partial charge on any atom is 0.311 e. The van der Waals surface area contributed by atoms with Crippen LogP contribution in [0.3, 0.4) is 0 Å². The van der Waals surface area contributed by atoms with Gasteiger partial charge in [-0.25, -0.2) is 0 Å². The van der Waals surface area contributed by atoms with Crippen LogP contribution in [0.2, 0.25) is 0 Å². The third kappa shape index (κ3) is 2.64. The molecule has 1 aliphatic carbocycles. The molecule has 1 aromatic rings. The van der Waals surface area contributed by atoms with Crippen molar-refractivity contribution in [1.82, 2.24) is 4.90 Å². The van der Waals surface area contributed by atoms with Gasteiger partial charge in [0.1, 0.15) is 0 Å². The number of aliphatic carboxylic acids is 1. The summed E-state index contributed by atoms with van der Waals surface area (Å²) in [7, 11) is 0. The minimum atomic E-state index is -0.731. The molecule has 0 radical (unpaired) electrons. The fraction of sp³-hybridized carbons (Fsp3) is 0.556. The molecule has 0 unspecified atom stereocenters. The number of thioether (sulfide) groups is 2. The van der Waals surface area contributed by atoms with Crippen LogP contribution in [0, 0.1) is 11.3 Å². The van der Waals surface area contributed by atoms with E-state index in [9.17, 15) is 14.7 Å². The number of fused-ring (bicyclic) bond motifs is 1. The van der Waals surface area contributed by atoms with E-state index in [0.717, 1.165) is 12.8 Å². The molecule has 2 heterocycles. The zero-order chi connectivity index (χ0) is 16.7. The van der Waals surface area contributed by atoms with Crippen molar-refractivity contribution < 1.29 is 14.7 Å². The molecular formula is C18H21NO3S2. The van der Waals surface area contributed by atoms with Crippen molar-refractivity contribution in [3.63, 3.8) is 0 Å². The summed E-state index contributed by atoms with van der Waals surface area (Å²) in [6.45, 7) is 0.948. The molecule has 0 aromatic heterocycles. The number of nitrogens with zero attached hydrogens (tertiary/aromatic N) is 1. The highest BCUT2D eigenvalue weighted by molar-refractivity contribution is 8.19. The first-order chi connectivity index (χ1) is 11.6. The summed E-state index contributed by atoms with van der Waals surface area (Å²) < 4.78 is 0.482. The highest BCUT2D eigenvalue weighted by atomic mass is 32.2. The molecular weight excluding hydrogens is 342 g/mol. The van der Waals surface area contributed by atoms with Gasteiger partial charge in [-0.2, -0.15) is 0 Å². The van der Waals surface area contributed by atoms with Crippen LogP contribution in [0.5, 0.6) is 0 Å². The fourth-order valence-corrected chi connectivity index (χ4v) is 7.17. The lowest BCUT2D eigenvalue weighted by Gasteiger charge is -2.23. The van der Waals surface area contributed by atoms with Gasteiger partial charge in [0.15, 0.2) is 0 Å². The molecule has 1 saturated carbocycles. The maximum absolute atomic E-state index is 12.8. The first kappa shape index (κ1) is 16.3. The summed E-state index contributed by atoms with van der Waals surface area (Å²) in [5, 5.41) is 9.66. The largest absolute Gasteiger partial charge is 0.481 e. The van der Waals surface area contributed by atoms with E-state index in [-0.39, 0.29) is 11.8 Å². The fourth-order valence-electron chi connectivity index (χ4n) is 4.31. The van der Waals surface area contributed by atoms with E-state index >= 15 is 0 Å². The van der Waals surface area contributed by atoms with Crippen molar-refractivity contribution >= 4 is 35.4 Å². The van der Waals surface area contributed by atoms with Gasteiger partial charge in [-0.3, -0.25) is 9.59 Å². The van der Waals surface area contributed by atoms with Crippen molar-refractivity contribution in [3.8, 4) is 0 Å². The summed E-state index contributed by atoms with van der Waals surface area (Å²) in [4.78, 5) is 26.3. The van der Waals surface area contributed by atoms with Crippen LogP contribution >= 0.6 is 23.5 Å². The molecule has 4 rings (SSSR count). The first-order valence-electron chi connectivity index (χ1n) is 8.46. The average Bonchev–Trinajstić information content (AvgIpc) is 3.29. The standard InChI is InChI=1S/C18H21NO3S2/c20-15(12-3-5-13(6-4-12)16-23-8-9-24-16)19-10-14-2-1-7-18(14,11-19)17(21)22/h3-6,14,16H,1-2,7-11H2,(H,21,22)/t14-,18+/m0/s1. The SMILES string of the molecule is O=C(c1ccc(C2SCCS2)cc1)N1C[C@@H]2CCC[C@@]2(C(=O)O)C1. The highest BCUT2D eigenvalue weighted by Crippen LogP contribution is 2.49. The van der Waals surface area contributed by atoms with Crippen LogP contribution in [-0.2, 0) is 4.79 Å². The number of carboxylic acid groups (broad SMARTS) is 1. The molecule has 2 saturated heterocycles. The molecule has 6 heteroatoms. The van der Waals surface area contributed by atoms with Crippen LogP contribution in [-0.4, -0.2) is 46.5 Å². The van der Waals surface area contributed by atoms with E-state index in [1.807, 2.05) is 47.8 Å². The number of carbonyl (C=O) groups is 2. The third-order valence-electron chi connectivity index (χ3n) is 5.64. The molecule has 1 aromatic carbocycles. The number of carbonyl (C=O) groups excluding carboxylic acids is 1. The molecule has 2 atom stereocenters. The van der Waals surface area contributed by atoms with Gasteiger partial charge in [0.2, 0.25) is 0 Å². The Labute approximate surface area is 150 Å². The lowest BCUT2D eigenvalue weighted by atomic mass is 9.81. The van der Waals surface area contributed by atoms with Crippen molar-refractivity contribution in [3.05, 3.63) is 35.4 Å². The Morgan fingerprint density at radius 2 is 1.88 bits per heavy atom. The molecule has 0 spiro atoms. The van der Waals surface area contributed by atoms with Crippen LogP contribution < -0.4 is 0 Å². The quantitative estimate of drug-likeness (QED) is 0.891. The summed E-state index contributed by atoms with van der Waals surface area (Å²) in [5.41, 5.74) is 1.24. The predicted molar refractivity (Wildman–Crippen MR) is 97.4 cm³/mol. The van der Waals surface area contributed by atoms with Crippen LogP contribution in [0.4, 0.5) is 0 Å². The third-order valence-corrected chi connectivity index (χ3v) is 8.74. The highest BCUT2D eigenvalue weighted by Gasteiger charge is 2.55. The molecule has 0 bridgehead atoms. The second kappa shape index (κ2) is 6.30. The number of benzene rings is 1. The second-order valence-electron chi connectivity index (χ2n) is 6.93. The Morgan fingerprint density at radius 1 is 1.17 bits per heavy atom. The van der Waals surface area contributed by atoms with E-state index in [2.05, 4.69) is 0 Å². The van der Waals surface area contributed by atoms with Gasteiger partial charge in [0.25, 0.3) is 5.91 Å². The van der Waals surface area contributed by atoms with E-state index in [1.54, 1.807) is 4.90 Å². The molecule has 3 aliphatic rings. The summed E-state index contributed by atoms with van der Waals surface area (Å²) in [6.07, 6.45) is 2.58. The topological polar surface area (TPSA) is 57.6 Å². The number of rotatable bonds is 3. The molecule has 1 amide bonds. The van der Waals surface area contributed by atoms with Crippen molar-refractivity contribution in [1.29, 1.82) is 0 Å². The van der Waals surface area contributed by atoms with Gasteiger partial charge >= 0.3 is 5.97 Å². The van der Waals surface area contributed by atoms with E-state index in [1.165, 1.54) is 17.1 Å². The predicted octanol–water partition coefficient (Wildman–Crippen LogP) is 3.49. The number of likely N-dealkylation sites (tertiary alicyclic amines) is 1. The van der Waals surface area contributed by atoms with Crippen molar-refractivity contribution in [2.45, 2.75) is 23.8 Å². The minimum absolute atomic E-state index is 0.0247. The number of carboxylic acids is 1. The Morgan fingerprint density at radius 3 is 2.50 bits per heavy atom. The number of amides is 1. The Hall–Kier alpha value is -1.14. The van der Waals surface area contributed by atoms with Crippen molar-refractivity contribution in [2.24, 2.45) is 11.3 Å². The monoisotopic (exact) mass is 363 g/mol. The average molecular weight is 364 g/mol. The second-order valence-corrected chi connectivity index (χ2v) is 9.66. The zero-order valence-electron chi connectivity index (χ0n) is 13.4. The smallest absolute Gasteiger partial charge is 0.311 e. The Balaban J connectivity index is 1.49. The summed E-state index contributed by atoms with van der Waals surface area (Å²) >= 11 is 3.90. The van der Waals surface area contributed by atoms with Gasteiger partial charge in [-0.15, -0.1) is 23.5 Å². The zero-order valence-corrected chi connectivity index (χ0v) is 15.1. The van der Waals surface area contributed by atoms with Gasteiger partial charge in [-0.05, 0) is 36.5 Å². The molecule has 128 valence electrons. The molecule has 4 nitrogen and oxygen atoms in total. The lowest BCUT2D eigenvalue weighted by molar-refractivity contribution is -0.149. The Bertz CT molecular complexity index is 657. The van der Waals surface area contributed by atoms with Gasteiger partial charge < -0.3 is 10.0 Å². The van der Waals surface area contributed by atoms with Crippen molar-refractivity contribution in [2.75, 3.05) is 24.6 Å². The Kier molecular flexibility index (Phi) is 4.29. The minimum Gasteiger partial charge on any atom is -0.481 e. The first-order valence-corrected chi connectivity index (χ1v) is 10.6. The maximum atomic E-state index is 12.8. The molecule has 3 fully saturated rings. The van der Waals surface area contributed by atoms with Crippen LogP contribution in [0.15, 0.2) is 24.3 Å². The molecule has 24 heavy (non-hydrogen) atoms.